The highest BCUT2D eigenvalue weighted by atomic mass is 16.5. The average molecular weight is 390 g/mol. The summed E-state index contributed by atoms with van der Waals surface area (Å²) < 4.78 is 7.46. The zero-order chi connectivity index (χ0) is 20.2. The predicted octanol–water partition coefficient (Wildman–Crippen LogP) is 3.94. The number of benzene rings is 2. The Balaban J connectivity index is 1.50. The van der Waals surface area contributed by atoms with E-state index in [0.29, 0.717) is 25.1 Å². The fraction of sp³-hybridized carbons (Fsp3) is 0.304. The Hall–Kier alpha value is -3.28. The molecule has 0 saturated heterocycles. The SMILES string of the molecule is CCOc1cccc(CNC(=O)c2c(CC)nn3c2NC(c2ccccc2)C3)c1. The second kappa shape index (κ2) is 8.39. The van der Waals surface area contributed by atoms with Crippen LogP contribution >= 0.6 is 0 Å². The molecule has 2 aromatic carbocycles. The molecular formula is C23H26N4O2. The monoisotopic (exact) mass is 390 g/mol. The van der Waals surface area contributed by atoms with Gasteiger partial charge in [0.25, 0.3) is 5.91 Å². The van der Waals surface area contributed by atoms with Gasteiger partial charge in [0.05, 0.1) is 24.9 Å². The van der Waals surface area contributed by atoms with Crippen molar-refractivity contribution in [1.82, 2.24) is 15.1 Å². The third kappa shape index (κ3) is 3.97. The van der Waals surface area contributed by atoms with Crippen molar-refractivity contribution in [2.45, 2.75) is 39.4 Å². The lowest BCUT2D eigenvalue weighted by Gasteiger charge is -2.12. The summed E-state index contributed by atoms with van der Waals surface area (Å²) >= 11 is 0. The number of hydrogen-bond donors (Lipinski definition) is 2. The van der Waals surface area contributed by atoms with Crippen molar-refractivity contribution < 1.29 is 9.53 Å². The highest BCUT2D eigenvalue weighted by Gasteiger charge is 2.30. The molecule has 0 radical (unpaired) electrons. The number of aryl methyl sites for hydroxylation is 1. The van der Waals surface area contributed by atoms with Gasteiger partial charge in [-0.05, 0) is 36.6 Å². The van der Waals surface area contributed by atoms with Gasteiger partial charge in [0.2, 0.25) is 0 Å². The number of nitrogens with one attached hydrogen (secondary N) is 2. The van der Waals surface area contributed by atoms with Crippen LogP contribution in [0.4, 0.5) is 5.82 Å². The van der Waals surface area contributed by atoms with E-state index in [1.807, 2.05) is 61.0 Å². The Morgan fingerprint density at radius 1 is 1.21 bits per heavy atom. The quantitative estimate of drug-likeness (QED) is 0.641. The number of rotatable bonds is 7. The van der Waals surface area contributed by atoms with Gasteiger partial charge in [0, 0.05) is 6.54 Å². The fourth-order valence-electron chi connectivity index (χ4n) is 3.72. The number of nitrogens with zero attached hydrogens (tertiary/aromatic N) is 2. The van der Waals surface area contributed by atoms with Crippen molar-refractivity contribution in [1.29, 1.82) is 0 Å². The first-order valence-corrected chi connectivity index (χ1v) is 10.1. The maximum absolute atomic E-state index is 13.0. The predicted molar refractivity (Wildman–Crippen MR) is 113 cm³/mol. The number of amides is 1. The molecule has 0 spiro atoms. The van der Waals surface area contributed by atoms with Crippen molar-refractivity contribution in [3.05, 3.63) is 77.0 Å². The van der Waals surface area contributed by atoms with E-state index >= 15 is 0 Å². The van der Waals surface area contributed by atoms with Crippen LogP contribution in [-0.2, 0) is 19.5 Å². The summed E-state index contributed by atoms with van der Waals surface area (Å²) in [6.45, 7) is 5.75. The molecule has 6 nitrogen and oxygen atoms in total. The number of hydrogen-bond acceptors (Lipinski definition) is 4. The lowest BCUT2D eigenvalue weighted by atomic mass is 10.1. The van der Waals surface area contributed by atoms with E-state index < -0.39 is 0 Å². The van der Waals surface area contributed by atoms with Gasteiger partial charge in [0.15, 0.2) is 0 Å². The minimum atomic E-state index is -0.105. The minimum Gasteiger partial charge on any atom is -0.494 e. The molecule has 0 fully saturated rings. The molecule has 1 atom stereocenters. The lowest BCUT2D eigenvalue weighted by molar-refractivity contribution is 0.0950. The molecule has 2 heterocycles. The van der Waals surface area contributed by atoms with Crippen LogP contribution in [0.25, 0.3) is 0 Å². The molecule has 1 amide bonds. The van der Waals surface area contributed by atoms with Crippen molar-refractivity contribution in [3.8, 4) is 5.75 Å². The van der Waals surface area contributed by atoms with Crippen LogP contribution in [0.2, 0.25) is 0 Å². The molecule has 0 aliphatic carbocycles. The molecule has 0 bridgehead atoms. The Labute approximate surface area is 170 Å². The summed E-state index contributed by atoms with van der Waals surface area (Å²) in [6, 6.07) is 18.2. The van der Waals surface area contributed by atoms with Gasteiger partial charge in [-0.1, -0.05) is 49.4 Å². The topological polar surface area (TPSA) is 68.2 Å². The standard InChI is InChI=1S/C23H26N4O2/c1-3-19-21(23(28)24-14-16-9-8-12-18(13-16)29-4-2)22-25-20(15-27(22)26-19)17-10-6-5-7-11-17/h5-13,20,25H,3-4,14-15H2,1-2H3,(H,24,28). The van der Waals surface area contributed by atoms with E-state index in [9.17, 15) is 4.79 Å². The van der Waals surface area contributed by atoms with Gasteiger partial charge in [-0.3, -0.25) is 4.79 Å². The van der Waals surface area contributed by atoms with Gasteiger partial charge >= 0.3 is 0 Å². The van der Waals surface area contributed by atoms with Gasteiger partial charge in [-0.25, -0.2) is 4.68 Å². The van der Waals surface area contributed by atoms with Crippen molar-refractivity contribution in [3.63, 3.8) is 0 Å². The van der Waals surface area contributed by atoms with Crippen molar-refractivity contribution >= 4 is 11.7 Å². The molecule has 4 rings (SSSR count). The molecule has 1 aliphatic rings. The largest absolute Gasteiger partial charge is 0.494 e. The first kappa shape index (κ1) is 19.1. The van der Waals surface area contributed by atoms with E-state index in [-0.39, 0.29) is 11.9 Å². The number of anilines is 1. The van der Waals surface area contributed by atoms with Crippen LogP contribution in [0.5, 0.6) is 5.75 Å². The molecule has 1 aromatic heterocycles. The number of ether oxygens (including phenoxy) is 1. The molecule has 2 N–H and O–H groups in total. The van der Waals surface area contributed by atoms with Crippen LogP contribution < -0.4 is 15.4 Å². The van der Waals surface area contributed by atoms with E-state index in [1.165, 1.54) is 5.56 Å². The van der Waals surface area contributed by atoms with Gasteiger partial charge < -0.3 is 15.4 Å². The summed E-state index contributed by atoms with van der Waals surface area (Å²) in [5.74, 6) is 1.51. The number of fused-ring (bicyclic) bond motifs is 1. The highest BCUT2D eigenvalue weighted by molar-refractivity contribution is 6.00. The van der Waals surface area contributed by atoms with Crippen LogP contribution in [0.15, 0.2) is 54.6 Å². The Morgan fingerprint density at radius 2 is 2.03 bits per heavy atom. The molecule has 0 saturated carbocycles. The summed E-state index contributed by atoms with van der Waals surface area (Å²) in [4.78, 5) is 13.0. The van der Waals surface area contributed by atoms with Gasteiger partial charge in [-0.15, -0.1) is 0 Å². The molecule has 3 aromatic rings. The van der Waals surface area contributed by atoms with Crippen LogP contribution in [-0.4, -0.2) is 22.3 Å². The summed E-state index contributed by atoms with van der Waals surface area (Å²) in [6.07, 6.45) is 0.709. The molecular weight excluding hydrogens is 364 g/mol. The first-order chi connectivity index (χ1) is 14.2. The first-order valence-electron chi connectivity index (χ1n) is 10.1. The Bertz CT molecular complexity index is 997. The van der Waals surface area contributed by atoms with E-state index in [2.05, 4.69) is 27.9 Å². The molecule has 6 heteroatoms. The Morgan fingerprint density at radius 3 is 2.79 bits per heavy atom. The van der Waals surface area contributed by atoms with Crippen molar-refractivity contribution in [2.75, 3.05) is 11.9 Å². The Kier molecular flexibility index (Phi) is 5.51. The van der Waals surface area contributed by atoms with Crippen molar-refractivity contribution in [2.24, 2.45) is 0 Å². The number of carbonyl (C=O) groups excluding carboxylic acids is 1. The summed E-state index contributed by atoms with van der Waals surface area (Å²) in [5.41, 5.74) is 3.66. The number of aromatic nitrogens is 2. The molecule has 1 unspecified atom stereocenters. The average Bonchev–Trinajstić information content (AvgIpc) is 3.31. The maximum atomic E-state index is 13.0. The van der Waals surface area contributed by atoms with Gasteiger partial charge in [0.1, 0.15) is 17.1 Å². The van der Waals surface area contributed by atoms with Crippen LogP contribution in [0, 0.1) is 0 Å². The summed E-state index contributed by atoms with van der Waals surface area (Å²) in [7, 11) is 0. The molecule has 29 heavy (non-hydrogen) atoms. The van der Waals surface area contributed by atoms with E-state index in [1.54, 1.807) is 0 Å². The zero-order valence-corrected chi connectivity index (χ0v) is 16.8. The third-order valence-electron chi connectivity index (χ3n) is 5.12. The van der Waals surface area contributed by atoms with E-state index in [4.69, 9.17) is 4.74 Å². The van der Waals surface area contributed by atoms with E-state index in [0.717, 1.165) is 29.4 Å². The second-order valence-electron chi connectivity index (χ2n) is 7.08. The molecule has 150 valence electrons. The normalized spacial score (nSPS) is 14.9. The zero-order valence-electron chi connectivity index (χ0n) is 16.8. The molecule has 1 aliphatic heterocycles. The number of carbonyl (C=O) groups is 1. The lowest BCUT2D eigenvalue weighted by Crippen LogP contribution is -2.24. The second-order valence-corrected chi connectivity index (χ2v) is 7.08. The minimum absolute atomic E-state index is 0.105. The van der Waals surface area contributed by atoms with Gasteiger partial charge in [-0.2, -0.15) is 5.10 Å². The third-order valence-corrected chi connectivity index (χ3v) is 5.12. The fourth-order valence-corrected chi connectivity index (χ4v) is 3.72. The maximum Gasteiger partial charge on any atom is 0.257 e. The summed E-state index contributed by atoms with van der Waals surface area (Å²) in [5, 5.41) is 11.2. The van der Waals surface area contributed by atoms with Crippen LogP contribution in [0.1, 0.15) is 47.1 Å². The smallest absolute Gasteiger partial charge is 0.257 e. The highest BCUT2D eigenvalue weighted by Crippen LogP contribution is 2.33. The van der Waals surface area contributed by atoms with Crippen LogP contribution in [0.3, 0.4) is 0 Å².